The molecule has 0 bridgehead atoms. The van der Waals surface area contributed by atoms with Gasteiger partial charge in [0.05, 0.1) is 4.92 Å². The maximum absolute atomic E-state index is 11.2. The summed E-state index contributed by atoms with van der Waals surface area (Å²) < 4.78 is 0.122. The molecule has 3 N–H and O–H groups in total. The first-order valence-electron chi connectivity index (χ1n) is 6.85. The minimum atomic E-state index is -0.589. The lowest BCUT2D eigenvalue weighted by Gasteiger charge is -2.27. The van der Waals surface area contributed by atoms with Gasteiger partial charge >= 0.3 is 0 Å². The van der Waals surface area contributed by atoms with Crippen molar-refractivity contribution in [2.45, 2.75) is 30.4 Å². The molecule has 0 atom stereocenters. The molecule has 7 heteroatoms. The molecule has 2 rings (SSSR count). The van der Waals surface area contributed by atoms with Gasteiger partial charge in [-0.05, 0) is 31.2 Å². The van der Waals surface area contributed by atoms with Crippen molar-refractivity contribution in [3.63, 3.8) is 0 Å². The molecular weight excluding hydrogens is 290 g/mol. The molecule has 114 valence electrons. The van der Waals surface area contributed by atoms with E-state index < -0.39 is 10.8 Å². The lowest BCUT2D eigenvalue weighted by atomic mass is 10.1. The van der Waals surface area contributed by atoms with E-state index in [1.165, 1.54) is 31.0 Å². The maximum atomic E-state index is 11.2. The number of nitrogens with one attached hydrogen (secondary N) is 1. The third-order valence-corrected chi connectivity index (χ3v) is 5.45. The molecule has 0 aliphatic heterocycles. The number of amides is 1. The fourth-order valence-corrected chi connectivity index (χ4v) is 3.63. The van der Waals surface area contributed by atoms with Gasteiger partial charge in [-0.15, -0.1) is 0 Å². The van der Waals surface area contributed by atoms with Crippen LogP contribution >= 0.6 is 11.8 Å². The van der Waals surface area contributed by atoms with E-state index in [0.29, 0.717) is 12.2 Å². The van der Waals surface area contributed by atoms with E-state index in [4.69, 9.17) is 5.73 Å². The number of primary amides is 1. The number of hydrogen-bond donors (Lipinski definition) is 2. The van der Waals surface area contributed by atoms with Crippen LogP contribution < -0.4 is 11.1 Å². The average Bonchev–Trinajstić information content (AvgIpc) is 2.94. The van der Waals surface area contributed by atoms with Crippen molar-refractivity contribution < 1.29 is 9.72 Å². The van der Waals surface area contributed by atoms with Crippen LogP contribution in [0.1, 0.15) is 36.0 Å². The minimum Gasteiger partial charge on any atom is -0.378 e. The van der Waals surface area contributed by atoms with Crippen LogP contribution in [-0.4, -0.2) is 28.4 Å². The van der Waals surface area contributed by atoms with Crippen LogP contribution in [0.3, 0.4) is 0 Å². The molecule has 0 saturated heterocycles. The number of carbonyl (C=O) groups excluding carboxylic acids is 1. The quantitative estimate of drug-likeness (QED) is 0.622. The lowest BCUT2D eigenvalue weighted by Crippen LogP contribution is -2.30. The van der Waals surface area contributed by atoms with Crippen LogP contribution in [0.2, 0.25) is 0 Å². The largest absolute Gasteiger partial charge is 0.378 e. The monoisotopic (exact) mass is 309 g/mol. The molecular formula is C14H19N3O3S. The summed E-state index contributed by atoms with van der Waals surface area (Å²) in [6, 6.07) is 4.16. The summed E-state index contributed by atoms with van der Waals surface area (Å²) in [6.45, 7) is 0.650. The fourth-order valence-electron chi connectivity index (χ4n) is 2.72. The van der Waals surface area contributed by atoms with E-state index >= 15 is 0 Å². The van der Waals surface area contributed by atoms with Gasteiger partial charge in [-0.3, -0.25) is 14.9 Å². The number of hydrogen-bond acceptors (Lipinski definition) is 5. The van der Waals surface area contributed by atoms with Crippen molar-refractivity contribution in [3.8, 4) is 0 Å². The Hall–Kier alpha value is -1.76. The highest BCUT2D eigenvalue weighted by Gasteiger charge is 2.33. The third-order valence-electron chi connectivity index (χ3n) is 4.03. The van der Waals surface area contributed by atoms with Crippen LogP contribution in [0.25, 0.3) is 0 Å². The van der Waals surface area contributed by atoms with Gasteiger partial charge in [-0.25, -0.2) is 0 Å². The Balaban J connectivity index is 2.22. The number of rotatable bonds is 6. The molecule has 0 radical (unpaired) electrons. The van der Waals surface area contributed by atoms with Crippen molar-refractivity contribution in [3.05, 3.63) is 33.9 Å². The van der Waals surface area contributed by atoms with Crippen LogP contribution in [-0.2, 0) is 0 Å². The van der Waals surface area contributed by atoms with Gasteiger partial charge in [-0.1, -0.05) is 12.8 Å². The fraction of sp³-hybridized carbons (Fsp3) is 0.500. The summed E-state index contributed by atoms with van der Waals surface area (Å²) in [5, 5.41) is 14.2. The first kappa shape index (κ1) is 15.6. The van der Waals surface area contributed by atoms with E-state index in [1.54, 1.807) is 11.8 Å². The first-order chi connectivity index (χ1) is 9.97. The second kappa shape index (κ2) is 6.34. The van der Waals surface area contributed by atoms with E-state index in [2.05, 4.69) is 11.6 Å². The maximum Gasteiger partial charge on any atom is 0.292 e. The first-order valence-corrected chi connectivity index (χ1v) is 8.07. The van der Waals surface area contributed by atoms with Crippen molar-refractivity contribution in [1.82, 2.24) is 0 Å². The number of carbonyl (C=O) groups is 1. The minimum absolute atomic E-state index is 0.0331. The average molecular weight is 309 g/mol. The standard InChI is InChI=1S/C14H19N3O3S/c1-21-14(6-2-3-7-14)9-16-11-8-10(13(15)18)4-5-12(11)17(19)20/h4-5,8,16H,2-3,6-7,9H2,1H3,(H2,15,18). The summed E-state index contributed by atoms with van der Waals surface area (Å²) in [7, 11) is 0. The smallest absolute Gasteiger partial charge is 0.292 e. The molecule has 1 amide bonds. The van der Waals surface area contributed by atoms with Gasteiger partial charge in [0.15, 0.2) is 0 Å². The van der Waals surface area contributed by atoms with E-state index in [0.717, 1.165) is 12.8 Å². The molecule has 1 saturated carbocycles. The number of anilines is 1. The summed E-state index contributed by atoms with van der Waals surface area (Å²) in [5.41, 5.74) is 5.83. The number of nitrogens with zero attached hydrogens (tertiary/aromatic N) is 1. The third kappa shape index (κ3) is 3.47. The number of benzene rings is 1. The zero-order chi connectivity index (χ0) is 15.5. The van der Waals surface area contributed by atoms with Crippen molar-refractivity contribution in [2.75, 3.05) is 18.1 Å². The Bertz CT molecular complexity index is 556. The van der Waals surface area contributed by atoms with Crippen molar-refractivity contribution >= 4 is 29.0 Å². The van der Waals surface area contributed by atoms with Gasteiger partial charge in [0.2, 0.25) is 5.91 Å². The van der Waals surface area contributed by atoms with E-state index in [1.807, 2.05) is 0 Å². The van der Waals surface area contributed by atoms with Crippen molar-refractivity contribution in [1.29, 1.82) is 0 Å². The molecule has 0 spiro atoms. The molecule has 0 heterocycles. The van der Waals surface area contributed by atoms with Gasteiger partial charge < -0.3 is 11.1 Å². The second-order valence-electron chi connectivity index (χ2n) is 5.30. The number of nitro benzene ring substituents is 1. The summed E-state index contributed by atoms with van der Waals surface area (Å²) in [5.74, 6) is -0.589. The predicted octanol–water partition coefficient (Wildman–Crippen LogP) is 2.78. The molecule has 0 unspecified atom stereocenters. The lowest BCUT2D eigenvalue weighted by molar-refractivity contribution is -0.384. The van der Waals surface area contributed by atoms with E-state index in [9.17, 15) is 14.9 Å². The number of nitrogens with two attached hydrogens (primary N) is 1. The molecule has 1 aliphatic carbocycles. The topological polar surface area (TPSA) is 98.3 Å². The van der Waals surface area contributed by atoms with Gasteiger partial charge in [0.1, 0.15) is 5.69 Å². The highest BCUT2D eigenvalue weighted by atomic mass is 32.2. The summed E-state index contributed by atoms with van der Waals surface area (Å²) in [4.78, 5) is 21.9. The van der Waals surface area contributed by atoms with Crippen LogP contribution in [0.5, 0.6) is 0 Å². The predicted molar refractivity (Wildman–Crippen MR) is 84.8 cm³/mol. The zero-order valence-electron chi connectivity index (χ0n) is 11.9. The molecule has 1 aliphatic rings. The van der Waals surface area contributed by atoms with Crippen molar-refractivity contribution in [2.24, 2.45) is 5.73 Å². The molecule has 6 nitrogen and oxygen atoms in total. The highest BCUT2D eigenvalue weighted by molar-refractivity contribution is 8.00. The van der Waals surface area contributed by atoms with Crippen LogP contribution in [0.15, 0.2) is 18.2 Å². The van der Waals surface area contributed by atoms with Crippen LogP contribution in [0, 0.1) is 10.1 Å². The molecule has 21 heavy (non-hydrogen) atoms. The van der Waals surface area contributed by atoms with Gasteiger partial charge in [0.25, 0.3) is 5.69 Å². The molecule has 1 fully saturated rings. The Morgan fingerprint density at radius 3 is 2.67 bits per heavy atom. The Kier molecular flexibility index (Phi) is 4.72. The highest BCUT2D eigenvalue weighted by Crippen LogP contribution is 2.40. The van der Waals surface area contributed by atoms with E-state index in [-0.39, 0.29) is 16.0 Å². The Morgan fingerprint density at radius 2 is 2.14 bits per heavy atom. The Labute approximate surface area is 127 Å². The molecule has 0 aromatic heterocycles. The summed E-state index contributed by atoms with van der Waals surface area (Å²) >= 11 is 1.80. The Morgan fingerprint density at radius 1 is 1.48 bits per heavy atom. The molecule has 1 aromatic rings. The SMILES string of the molecule is CSC1(CNc2cc(C(N)=O)ccc2[N+](=O)[O-])CCCC1. The van der Waals surface area contributed by atoms with Gasteiger partial charge in [-0.2, -0.15) is 11.8 Å². The molecule has 1 aromatic carbocycles. The number of nitro groups is 1. The zero-order valence-corrected chi connectivity index (χ0v) is 12.7. The normalized spacial score (nSPS) is 16.6. The van der Waals surface area contributed by atoms with Gasteiger partial charge in [0, 0.05) is 22.9 Å². The number of thioether (sulfide) groups is 1. The van der Waals surface area contributed by atoms with Crippen LogP contribution in [0.4, 0.5) is 11.4 Å². The summed E-state index contributed by atoms with van der Waals surface area (Å²) in [6.07, 6.45) is 6.65. The second-order valence-corrected chi connectivity index (χ2v) is 6.58.